The van der Waals surface area contributed by atoms with E-state index in [0.29, 0.717) is 13.2 Å². The number of ether oxygens (including phenoxy) is 1. The number of nitrogens with one attached hydrogen (secondary N) is 2. The lowest BCUT2D eigenvalue weighted by atomic mass is 10.2. The minimum atomic E-state index is 0. The van der Waals surface area contributed by atoms with E-state index in [0.717, 1.165) is 57.2 Å². The highest BCUT2D eigenvalue weighted by Gasteiger charge is 2.30. The molecule has 0 saturated carbocycles. The fraction of sp³-hybridized carbons (Fsp3) is 0.636. The first-order valence-corrected chi connectivity index (χ1v) is 10.7. The molecule has 1 saturated heterocycles. The predicted molar refractivity (Wildman–Crippen MR) is 134 cm³/mol. The van der Waals surface area contributed by atoms with Crippen molar-refractivity contribution in [2.75, 3.05) is 53.4 Å². The summed E-state index contributed by atoms with van der Waals surface area (Å²) in [6.45, 7) is 8.84. The molecule has 30 heavy (non-hydrogen) atoms. The molecule has 0 bridgehead atoms. The molecule has 1 heterocycles. The molecule has 1 aromatic rings. The van der Waals surface area contributed by atoms with Gasteiger partial charge in [-0.1, -0.05) is 17.7 Å². The fourth-order valence-electron chi connectivity index (χ4n) is 3.45. The van der Waals surface area contributed by atoms with Crippen molar-refractivity contribution in [2.24, 2.45) is 4.99 Å². The molecule has 1 atom stereocenters. The first kappa shape index (κ1) is 26.5. The normalized spacial score (nSPS) is 16.7. The van der Waals surface area contributed by atoms with Gasteiger partial charge in [-0.05, 0) is 51.8 Å². The number of hydrogen-bond acceptors (Lipinski definition) is 4. The molecular formula is C22H38IN5O2. The van der Waals surface area contributed by atoms with E-state index < -0.39 is 0 Å². The van der Waals surface area contributed by atoms with Crippen molar-refractivity contribution < 1.29 is 9.53 Å². The molecule has 1 aromatic carbocycles. The van der Waals surface area contributed by atoms with Crippen molar-refractivity contribution in [2.45, 2.75) is 39.2 Å². The first-order chi connectivity index (χ1) is 14.0. The number of amides is 1. The van der Waals surface area contributed by atoms with Crippen molar-refractivity contribution in [3.63, 3.8) is 0 Å². The summed E-state index contributed by atoms with van der Waals surface area (Å²) in [4.78, 5) is 20.9. The van der Waals surface area contributed by atoms with E-state index in [1.807, 2.05) is 38.4 Å². The Kier molecular flexibility index (Phi) is 12.8. The molecule has 2 N–H and O–H groups in total. The number of likely N-dealkylation sites (tertiary alicyclic amines) is 1. The van der Waals surface area contributed by atoms with E-state index >= 15 is 0 Å². The number of aryl methyl sites for hydroxylation is 1. The summed E-state index contributed by atoms with van der Waals surface area (Å²) < 4.78 is 5.75. The number of likely N-dealkylation sites (N-methyl/N-ethyl adjacent to an activating group) is 1. The van der Waals surface area contributed by atoms with Gasteiger partial charge in [0.25, 0.3) is 0 Å². The molecule has 0 radical (unpaired) electrons. The van der Waals surface area contributed by atoms with Crippen LogP contribution >= 0.6 is 24.0 Å². The minimum Gasteiger partial charge on any atom is -0.492 e. The van der Waals surface area contributed by atoms with E-state index in [9.17, 15) is 4.79 Å². The van der Waals surface area contributed by atoms with E-state index in [2.05, 4.69) is 34.4 Å². The Morgan fingerprint density at radius 1 is 1.27 bits per heavy atom. The molecule has 1 amide bonds. The van der Waals surface area contributed by atoms with Gasteiger partial charge in [-0.3, -0.25) is 14.7 Å². The first-order valence-electron chi connectivity index (χ1n) is 10.7. The summed E-state index contributed by atoms with van der Waals surface area (Å²) in [7, 11) is 3.67. The second kappa shape index (κ2) is 14.5. The zero-order valence-corrected chi connectivity index (χ0v) is 21.1. The van der Waals surface area contributed by atoms with Crippen molar-refractivity contribution in [1.29, 1.82) is 0 Å². The van der Waals surface area contributed by atoms with Crippen LogP contribution in [0.25, 0.3) is 0 Å². The highest BCUT2D eigenvalue weighted by atomic mass is 127. The average Bonchev–Trinajstić information content (AvgIpc) is 3.17. The van der Waals surface area contributed by atoms with Crippen molar-refractivity contribution in [1.82, 2.24) is 20.4 Å². The van der Waals surface area contributed by atoms with Gasteiger partial charge in [0.1, 0.15) is 12.4 Å². The zero-order valence-electron chi connectivity index (χ0n) is 18.8. The smallest absolute Gasteiger partial charge is 0.239 e. The van der Waals surface area contributed by atoms with Gasteiger partial charge in [0, 0.05) is 33.7 Å². The molecule has 2 rings (SSSR count). The number of carbonyl (C=O) groups excluding carboxylic acids is 1. The third kappa shape index (κ3) is 9.07. The summed E-state index contributed by atoms with van der Waals surface area (Å²) in [5.74, 6) is 1.91. The number of guanidine groups is 1. The molecular weight excluding hydrogens is 493 g/mol. The van der Waals surface area contributed by atoms with Crippen LogP contribution in [0.2, 0.25) is 0 Å². The molecule has 170 valence electrons. The van der Waals surface area contributed by atoms with Crippen LogP contribution < -0.4 is 15.4 Å². The highest BCUT2D eigenvalue weighted by Crippen LogP contribution is 2.18. The van der Waals surface area contributed by atoms with Crippen LogP contribution in [-0.4, -0.2) is 81.1 Å². The van der Waals surface area contributed by atoms with E-state index in [4.69, 9.17) is 4.74 Å². The van der Waals surface area contributed by atoms with Crippen molar-refractivity contribution >= 4 is 35.8 Å². The summed E-state index contributed by atoms with van der Waals surface area (Å²) >= 11 is 0. The fourth-order valence-corrected chi connectivity index (χ4v) is 3.45. The Morgan fingerprint density at radius 2 is 2.00 bits per heavy atom. The maximum absolute atomic E-state index is 12.3. The standard InChI is InChI=1S/C22H37N5O2.HI/c1-5-23-22(25-14-17-29-19-11-9-18(2)10-12-19)24-13-7-16-27-15-6-8-20(27)21(28)26(3)4;/h9-12,20H,5-8,13-17H2,1-4H3,(H2,23,24,25);1H. The van der Waals surface area contributed by atoms with Gasteiger partial charge >= 0.3 is 0 Å². The van der Waals surface area contributed by atoms with E-state index in [1.54, 1.807) is 4.90 Å². The Bertz CT molecular complexity index is 651. The van der Waals surface area contributed by atoms with Crippen molar-refractivity contribution in [3.8, 4) is 5.75 Å². The number of benzene rings is 1. The molecule has 0 aromatic heterocycles. The molecule has 0 aliphatic carbocycles. The molecule has 8 heteroatoms. The summed E-state index contributed by atoms with van der Waals surface area (Å²) in [6.07, 6.45) is 3.00. The number of rotatable bonds is 10. The van der Waals surface area contributed by atoms with Gasteiger partial charge in [0.15, 0.2) is 5.96 Å². The quantitative estimate of drug-likeness (QED) is 0.210. The number of aliphatic imine (C=N–C) groups is 1. The second-order valence-electron chi connectivity index (χ2n) is 7.63. The number of nitrogens with zero attached hydrogens (tertiary/aromatic N) is 3. The Balaban J connectivity index is 0.00000450. The second-order valence-corrected chi connectivity index (χ2v) is 7.63. The number of carbonyl (C=O) groups is 1. The van der Waals surface area contributed by atoms with Crippen LogP contribution in [0.15, 0.2) is 29.3 Å². The van der Waals surface area contributed by atoms with Gasteiger partial charge in [0.05, 0.1) is 12.6 Å². The summed E-state index contributed by atoms with van der Waals surface area (Å²) in [5.41, 5.74) is 1.23. The Morgan fingerprint density at radius 3 is 2.67 bits per heavy atom. The lowest BCUT2D eigenvalue weighted by molar-refractivity contribution is -0.133. The van der Waals surface area contributed by atoms with Crippen LogP contribution in [0, 0.1) is 6.92 Å². The lowest BCUT2D eigenvalue weighted by Crippen LogP contribution is -2.43. The molecule has 1 aliphatic heterocycles. The Hall–Kier alpha value is -1.55. The summed E-state index contributed by atoms with van der Waals surface area (Å²) in [5, 5.41) is 6.58. The van der Waals surface area contributed by atoms with Gasteiger partial charge in [-0.2, -0.15) is 0 Å². The zero-order chi connectivity index (χ0) is 21.1. The molecule has 7 nitrogen and oxygen atoms in total. The highest BCUT2D eigenvalue weighted by molar-refractivity contribution is 14.0. The van der Waals surface area contributed by atoms with E-state index in [1.165, 1.54) is 5.56 Å². The molecule has 1 fully saturated rings. The average molecular weight is 531 g/mol. The van der Waals surface area contributed by atoms with Gasteiger partial charge < -0.3 is 20.3 Å². The van der Waals surface area contributed by atoms with E-state index in [-0.39, 0.29) is 35.9 Å². The van der Waals surface area contributed by atoms with Gasteiger partial charge in [-0.25, -0.2) is 0 Å². The summed E-state index contributed by atoms with van der Waals surface area (Å²) in [6, 6.07) is 8.11. The monoisotopic (exact) mass is 531 g/mol. The SMILES string of the molecule is CCNC(=NCCCN1CCCC1C(=O)N(C)C)NCCOc1ccc(C)cc1.I. The largest absolute Gasteiger partial charge is 0.492 e. The maximum Gasteiger partial charge on any atom is 0.239 e. The van der Waals surface area contributed by atoms with Gasteiger partial charge in [-0.15, -0.1) is 24.0 Å². The topological polar surface area (TPSA) is 69.2 Å². The predicted octanol–water partition coefficient (Wildman–Crippen LogP) is 2.49. The third-order valence-electron chi connectivity index (χ3n) is 4.99. The number of halogens is 1. The molecule has 0 spiro atoms. The van der Waals surface area contributed by atoms with Gasteiger partial charge in [0.2, 0.25) is 5.91 Å². The Labute approximate surface area is 198 Å². The van der Waals surface area contributed by atoms with Crippen LogP contribution in [0.1, 0.15) is 31.7 Å². The van der Waals surface area contributed by atoms with Crippen LogP contribution in [0.5, 0.6) is 5.75 Å². The molecule has 1 aliphatic rings. The third-order valence-corrected chi connectivity index (χ3v) is 4.99. The van der Waals surface area contributed by atoms with Crippen LogP contribution in [-0.2, 0) is 4.79 Å². The van der Waals surface area contributed by atoms with Crippen molar-refractivity contribution in [3.05, 3.63) is 29.8 Å². The molecule has 1 unspecified atom stereocenters. The number of hydrogen-bond donors (Lipinski definition) is 2. The van der Waals surface area contributed by atoms with Crippen LogP contribution in [0.3, 0.4) is 0 Å². The maximum atomic E-state index is 12.3. The van der Waals surface area contributed by atoms with Crippen LogP contribution in [0.4, 0.5) is 0 Å². The minimum absolute atomic E-state index is 0. The lowest BCUT2D eigenvalue weighted by Gasteiger charge is -2.25.